The predicted octanol–water partition coefficient (Wildman–Crippen LogP) is 1.70. The van der Waals surface area contributed by atoms with Crippen molar-refractivity contribution in [1.82, 2.24) is 14.5 Å². The first-order valence-electron chi connectivity index (χ1n) is 7.16. The van der Waals surface area contributed by atoms with Crippen LogP contribution in [0, 0.1) is 0 Å². The van der Waals surface area contributed by atoms with Crippen molar-refractivity contribution in [3.05, 3.63) is 18.0 Å². The standard InChI is InChI=1S/C13H15N3O4S2/c17-22(18,16-5-7-19-8-6-16)11-4-3-10(21-11)13-15-14-12(20-13)9-1-2-9/h3-4,9H,1-2,5-8H2. The van der Waals surface area contributed by atoms with Crippen molar-refractivity contribution in [3.8, 4) is 10.8 Å². The van der Waals surface area contributed by atoms with Gasteiger partial charge in [0, 0.05) is 19.0 Å². The van der Waals surface area contributed by atoms with Crippen LogP contribution in [0.2, 0.25) is 0 Å². The Hall–Kier alpha value is -1.29. The third-order valence-corrected chi connectivity index (χ3v) is 7.16. The SMILES string of the molecule is O=S(=O)(c1ccc(-c2nnc(C3CC3)o2)s1)N1CCOCC1. The van der Waals surface area contributed by atoms with E-state index in [-0.39, 0.29) is 0 Å². The van der Waals surface area contributed by atoms with Crippen LogP contribution in [-0.2, 0) is 14.8 Å². The van der Waals surface area contributed by atoms with Crippen LogP contribution in [0.25, 0.3) is 10.8 Å². The molecule has 0 unspecified atom stereocenters. The van der Waals surface area contributed by atoms with E-state index < -0.39 is 10.0 Å². The van der Waals surface area contributed by atoms with Gasteiger partial charge in [-0.2, -0.15) is 4.31 Å². The van der Waals surface area contributed by atoms with Gasteiger partial charge < -0.3 is 9.15 Å². The highest BCUT2D eigenvalue weighted by Crippen LogP contribution is 2.40. The fraction of sp³-hybridized carbons (Fsp3) is 0.538. The molecule has 118 valence electrons. The zero-order valence-corrected chi connectivity index (χ0v) is 13.4. The highest BCUT2D eigenvalue weighted by molar-refractivity contribution is 7.91. The largest absolute Gasteiger partial charge is 0.420 e. The first kappa shape index (κ1) is 14.3. The number of thiophene rings is 1. The van der Waals surface area contributed by atoms with Crippen molar-refractivity contribution in [3.63, 3.8) is 0 Å². The maximum atomic E-state index is 12.6. The fourth-order valence-corrected chi connectivity index (χ4v) is 5.11. The second-order valence-corrected chi connectivity index (χ2v) is 8.60. The maximum Gasteiger partial charge on any atom is 0.257 e. The van der Waals surface area contributed by atoms with E-state index >= 15 is 0 Å². The van der Waals surface area contributed by atoms with Gasteiger partial charge in [-0.15, -0.1) is 21.5 Å². The van der Waals surface area contributed by atoms with Gasteiger partial charge in [-0.3, -0.25) is 0 Å². The summed E-state index contributed by atoms with van der Waals surface area (Å²) in [6, 6.07) is 3.33. The third kappa shape index (κ3) is 2.58. The van der Waals surface area contributed by atoms with Crippen molar-refractivity contribution in [2.75, 3.05) is 26.3 Å². The summed E-state index contributed by atoms with van der Waals surface area (Å²) < 4.78 is 37.7. The molecule has 0 radical (unpaired) electrons. The summed E-state index contributed by atoms with van der Waals surface area (Å²) in [5.41, 5.74) is 0. The average molecular weight is 341 g/mol. The smallest absolute Gasteiger partial charge is 0.257 e. The second kappa shape index (κ2) is 5.41. The fourth-order valence-electron chi connectivity index (χ4n) is 2.32. The van der Waals surface area contributed by atoms with E-state index in [1.807, 2.05) is 0 Å². The third-order valence-electron chi connectivity index (χ3n) is 3.72. The molecule has 0 spiro atoms. The quantitative estimate of drug-likeness (QED) is 0.841. The number of nitrogens with zero attached hydrogens (tertiary/aromatic N) is 3. The van der Waals surface area contributed by atoms with E-state index in [1.165, 1.54) is 15.6 Å². The molecule has 22 heavy (non-hydrogen) atoms. The van der Waals surface area contributed by atoms with Gasteiger partial charge in [-0.05, 0) is 25.0 Å². The lowest BCUT2D eigenvalue weighted by Gasteiger charge is -2.25. The number of hydrogen-bond donors (Lipinski definition) is 0. The molecule has 4 rings (SSSR count). The minimum atomic E-state index is -3.46. The molecule has 0 N–H and O–H groups in total. The Labute approximate surface area is 132 Å². The lowest BCUT2D eigenvalue weighted by atomic mass is 10.4. The van der Waals surface area contributed by atoms with E-state index in [2.05, 4.69) is 10.2 Å². The Balaban J connectivity index is 1.59. The van der Waals surface area contributed by atoms with Crippen molar-refractivity contribution >= 4 is 21.4 Å². The molecular formula is C13H15N3O4S2. The molecule has 0 aromatic carbocycles. The summed E-state index contributed by atoms with van der Waals surface area (Å²) in [5, 5.41) is 8.05. The zero-order valence-electron chi connectivity index (χ0n) is 11.8. The molecule has 2 fully saturated rings. The van der Waals surface area contributed by atoms with Gasteiger partial charge in [0.1, 0.15) is 4.21 Å². The molecule has 9 heteroatoms. The number of morpholine rings is 1. The number of aromatic nitrogens is 2. The first-order chi connectivity index (χ1) is 10.6. The summed E-state index contributed by atoms with van der Waals surface area (Å²) in [5.74, 6) is 1.44. The summed E-state index contributed by atoms with van der Waals surface area (Å²) in [4.78, 5) is 0.686. The lowest BCUT2D eigenvalue weighted by molar-refractivity contribution is 0.0731. The Morgan fingerprint density at radius 1 is 1.18 bits per heavy atom. The second-order valence-electron chi connectivity index (χ2n) is 5.35. The number of ether oxygens (including phenoxy) is 1. The molecule has 1 saturated heterocycles. The Morgan fingerprint density at radius 3 is 2.68 bits per heavy atom. The average Bonchev–Trinajstić information content (AvgIpc) is 3.06. The van der Waals surface area contributed by atoms with Crippen molar-refractivity contribution in [1.29, 1.82) is 0 Å². The topological polar surface area (TPSA) is 85.5 Å². The maximum absolute atomic E-state index is 12.6. The van der Waals surface area contributed by atoms with Crippen LogP contribution in [0.4, 0.5) is 0 Å². The lowest BCUT2D eigenvalue weighted by Crippen LogP contribution is -2.40. The number of rotatable bonds is 4. The first-order valence-corrected chi connectivity index (χ1v) is 9.42. The van der Waals surface area contributed by atoms with Gasteiger partial charge in [-0.1, -0.05) is 0 Å². The molecule has 2 aromatic heterocycles. The van der Waals surface area contributed by atoms with Gasteiger partial charge >= 0.3 is 0 Å². The Morgan fingerprint density at radius 2 is 1.95 bits per heavy atom. The van der Waals surface area contributed by atoms with Crippen molar-refractivity contribution in [2.45, 2.75) is 23.0 Å². The van der Waals surface area contributed by atoms with Crippen LogP contribution in [0.3, 0.4) is 0 Å². The van der Waals surface area contributed by atoms with E-state index in [4.69, 9.17) is 9.15 Å². The highest BCUT2D eigenvalue weighted by Gasteiger charge is 2.31. The Kier molecular flexibility index (Phi) is 3.52. The van der Waals surface area contributed by atoms with Crippen LogP contribution in [0.5, 0.6) is 0 Å². The monoisotopic (exact) mass is 341 g/mol. The Bertz CT molecular complexity index is 773. The molecule has 2 aromatic rings. The zero-order chi connectivity index (χ0) is 15.2. The summed E-state index contributed by atoms with van der Waals surface area (Å²) in [7, 11) is -3.46. The number of sulfonamides is 1. The molecule has 1 aliphatic carbocycles. The molecular weight excluding hydrogens is 326 g/mol. The minimum absolute atomic E-state index is 0.301. The highest BCUT2D eigenvalue weighted by atomic mass is 32.2. The van der Waals surface area contributed by atoms with Crippen molar-refractivity contribution < 1.29 is 17.6 Å². The van der Waals surface area contributed by atoms with Gasteiger partial charge in [0.2, 0.25) is 5.89 Å². The number of hydrogen-bond acceptors (Lipinski definition) is 7. The molecule has 0 bridgehead atoms. The van der Waals surface area contributed by atoms with Gasteiger partial charge in [-0.25, -0.2) is 8.42 Å². The summed E-state index contributed by atoms with van der Waals surface area (Å²) in [6.07, 6.45) is 2.17. The van der Waals surface area contributed by atoms with Gasteiger partial charge in [0.25, 0.3) is 15.9 Å². The summed E-state index contributed by atoms with van der Waals surface area (Å²) in [6.45, 7) is 1.65. The van der Waals surface area contributed by atoms with Crippen LogP contribution < -0.4 is 0 Å². The van der Waals surface area contributed by atoms with E-state index in [0.717, 1.165) is 12.8 Å². The van der Waals surface area contributed by atoms with E-state index in [9.17, 15) is 8.42 Å². The molecule has 0 amide bonds. The minimum Gasteiger partial charge on any atom is -0.420 e. The van der Waals surface area contributed by atoms with Crippen LogP contribution in [0.15, 0.2) is 20.8 Å². The van der Waals surface area contributed by atoms with Gasteiger partial charge in [0.15, 0.2) is 0 Å². The molecule has 7 nitrogen and oxygen atoms in total. The van der Waals surface area contributed by atoms with E-state index in [1.54, 1.807) is 12.1 Å². The predicted molar refractivity (Wildman–Crippen MR) is 79.2 cm³/mol. The van der Waals surface area contributed by atoms with Crippen molar-refractivity contribution in [2.24, 2.45) is 0 Å². The van der Waals surface area contributed by atoms with E-state index in [0.29, 0.717) is 53.1 Å². The van der Waals surface area contributed by atoms with Crippen LogP contribution in [0.1, 0.15) is 24.7 Å². The molecule has 1 saturated carbocycles. The molecule has 0 atom stereocenters. The molecule has 1 aliphatic heterocycles. The normalized spacial score (nSPS) is 20.4. The van der Waals surface area contributed by atoms with Crippen LogP contribution in [-0.4, -0.2) is 49.2 Å². The molecule has 2 aliphatic rings. The van der Waals surface area contributed by atoms with Crippen LogP contribution >= 0.6 is 11.3 Å². The summed E-state index contributed by atoms with van der Waals surface area (Å²) >= 11 is 1.17. The van der Waals surface area contributed by atoms with Gasteiger partial charge in [0.05, 0.1) is 18.1 Å². The molecule has 3 heterocycles.